The van der Waals surface area contributed by atoms with E-state index < -0.39 is 8.25 Å². The first-order chi connectivity index (χ1) is 45.9. The van der Waals surface area contributed by atoms with Gasteiger partial charge in [0.2, 0.25) is 23.6 Å². The molecular formula is C69H66BBr2K3N7O10PS4. The summed E-state index contributed by atoms with van der Waals surface area (Å²) in [7, 11) is -3.46. The van der Waals surface area contributed by atoms with Gasteiger partial charge in [-0.3, -0.25) is 14.9 Å². The Hall–Kier alpha value is -2.25. The maximum absolute atomic E-state index is 11.8. The molecule has 6 aromatic carbocycles. The van der Waals surface area contributed by atoms with Crippen molar-refractivity contribution in [3.05, 3.63) is 215 Å². The van der Waals surface area contributed by atoms with E-state index in [1.807, 2.05) is 139 Å². The van der Waals surface area contributed by atoms with E-state index in [0.29, 0.717) is 37.8 Å². The normalized spacial score (nSPS) is 14.3. The summed E-state index contributed by atoms with van der Waals surface area (Å²) < 4.78 is 41.9. The molecule has 1 N–H and O–H groups in total. The second-order valence-corrected chi connectivity index (χ2v) is 30.0. The molecule has 2 saturated heterocycles. The number of fused-ring (bicyclic) bond motifs is 4. The second kappa shape index (κ2) is 39.6. The minimum absolute atomic E-state index is 0. The molecule has 0 radical (unpaired) electrons. The third-order valence-corrected chi connectivity index (χ3v) is 19.9. The zero-order valence-corrected chi connectivity index (χ0v) is 72.8. The van der Waals surface area contributed by atoms with E-state index in [4.69, 9.17) is 33.5 Å². The Kier molecular flexibility index (Phi) is 33.5. The van der Waals surface area contributed by atoms with Crippen molar-refractivity contribution in [3.8, 4) is 22.9 Å². The zero-order chi connectivity index (χ0) is 69.3. The molecule has 8 heterocycles. The second-order valence-electron chi connectivity index (χ2n) is 22.7. The van der Waals surface area contributed by atoms with Crippen LogP contribution in [0.2, 0.25) is 0 Å². The van der Waals surface area contributed by atoms with Gasteiger partial charge in [-0.15, -0.1) is 45.3 Å². The van der Waals surface area contributed by atoms with Gasteiger partial charge in [-0.2, -0.15) is 0 Å². The van der Waals surface area contributed by atoms with Gasteiger partial charge in [-0.05, 0) is 203 Å². The first kappa shape index (κ1) is 82.0. The van der Waals surface area contributed by atoms with Crippen LogP contribution in [0.15, 0.2) is 167 Å². The Bertz CT molecular complexity index is 4620. The summed E-state index contributed by atoms with van der Waals surface area (Å²) in [5.41, 5.74) is 11.7. The SMILES string of the molecule is Cc1ccc(-c2ccc3sc(C)nc3c2)c(OCc2ccccc2)n1.Cc1ccc(Br)c(OCc2ccccc2)n1.Cc1nc2cc(B3OC(C)(C)C(C)(C)O3)ccc2s1.Cc1nc2cc(Br)ccc2s1.Cc1nc2cc(C3CCC(=O)NC3=O)ccc2s1.O=[P+]([O-])O[O-].[K+].[K][K]. The molecule has 6 aromatic heterocycles. The molecule has 486 valence electrons. The monoisotopic (exact) mass is 1600 g/mol. The standard InChI is InChI=1S/C21H18N2OS.C14H18BNO2S.C13H12BrNO.C13H12N2O2S.C8H6BrNS.3K.HO4P/c1-14-8-10-18(17-9-11-20-19(12-17)23-15(2)25-20)21(22-14)24-13-16-6-4-3-5-7-16;1-9-16-11-8-10(6-7-12(11)19-9)15-17-13(2,3)14(4,5)18-15;1-10-7-8-12(14)13(15-10)16-9-11-5-3-2-4-6-11;1-7-14-10-6-8(2-4-11(10)18-7)9-3-5-12(16)15-13(9)17;1-5-10-7-4-6(9)2-3-8(7)11-5;;;;1-4-5(2)3/h3-12H,13H2,1-2H3;6-8H,1-5H3;2-8H,9H2,1H3;2,4,6,9H,3,5H2,1H3,(H,15,16,17);2-4H,1H3;;;;1H/q;;;;;;;+1;/p-1. The van der Waals surface area contributed by atoms with Crippen LogP contribution in [0.25, 0.3) is 52.0 Å². The summed E-state index contributed by atoms with van der Waals surface area (Å²) in [5.74, 6) is 0.701. The van der Waals surface area contributed by atoms with Crippen molar-refractivity contribution < 1.29 is 99.1 Å². The van der Waals surface area contributed by atoms with E-state index in [9.17, 15) is 9.59 Å². The van der Waals surface area contributed by atoms with E-state index in [1.54, 1.807) is 45.3 Å². The van der Waals surface area contributed by atoms with Gasteiger partial charge < -0.3 is 28.9 Å². The molecule has 0 spiro atoms. The number of hydrogen-bond acceptors (Lipinski definition) is 20. The Labute approximate surface area is 686 Å². The van der Waals surface area contributed by atoms with Crippen molar-refractivity contribution >= 4 is 214 Å². The molecule has 0 saturated carbocycles. The van der Waals surface area contributed by atoms with Crippen molar-refractivity contribution in [1.82, 2.24) is 35.2 Å². The van der Waals surface area contributed by atoms with Gasteiger partial charge in [0.25, 0.3) is 0 Å². The fraction of sp³-hybridized carbons (Fsp3) is 0.246. The Morgan fingerprint density at radius 2 is 1.03 bits per heavy atom. The molecule has 2 fully saturated rings. The molecule has 28 heteroatoms. The number of piperidine rings is 1. The van der Waals surface area contributed by atoms with Gasteiger partial charge in [0.1, 0.15) is 13.2 Å². The molecule has 2 amide bonds. The van der Waals surface area contributed by atoms with Crippen LogP contribution in [-0.2, 0) is 41.4 Å². The summed E-state index contributed by atoms with van der Waals surface area (Å²) in [6.45, 7) is 21.3. The number of imide groups is 1. The van der Waals surface area contributed by atoms with Crippen LogP contribution >= 0.6 is 85.5 Å². The van der Waals surface area contributed by atoms with Crippen LogP contribution in [0.4, 0.5) is 0 Å². The Morgan fingerprint density at radius 3 is 1.55 bits per heavy atom. The first-order valence-corrected chi connectivity index (χ1v) is 52.6. The topological polar surface area (TPSA) is 233 Å². The summed E-state index contributed by atoms with van der Waals surface area (Å²) >= 11 is 16.1. The van der Waals surface area contributed by atoms with Crippen LogP contribution in [0, 0.1) is 41.5 Å². The van der Waals surface area contributed by atoms with Gasteiger partial charge in [0.15, 0.2) is 0 Å². The number of thiazole rings is 4. The Morgan fingerprint density at radius 1 is 0.588 bits per heavy atom. The number of aromatic nitrogens is 6. The van der Waals surface area contributed by atoms with Gasteiger partial charge in [0.05, 0.1) is 82.5 Å². The predicted molar refractivity (Wildman–Crippen MR) is 392 cm³/mol. The van der Waals surface area contributed by atoms with Gasteiger partial charge in [0, 0.05) is 27.8 Å². The number of pyridine rings is 2. The minimum atomic E-state index is -3.15. The van der Waals surface area contributed by atoms with Crippen molar-refractivity contribution in [3.63, 3.8) is 0 Å². The number of halogens is 2. The molecule has 12 aromatic rings. The summed E-state index contributed by atoms with van der Waals surface area (Å²) in [6.07, 6.45) is 0.990. The average molecular weight is 1600 g/mol. The molecule has 17 nitrogen and oxygen atoms in total. The van der Waals surface area contributed by atoms with Crippen molar-refractivity contribution in [2.75, 3.05) is 0 Å². The molecular weight excluding hydrogens is 1530 g/mol. The quantitative estimate of drug-likeness (QED) is 0.0441. The number of carbonyl (C=O) groups excluding carboxylic acids is 2. The zero-order valence-electron chi connectivity index (χ0n) is 56.1. The fourth-order valence-electron chi connectivity index (χ4n) is 9.63. The summed E-state index contributed by atoms with van der Waals surface area (Å²) in [5, 5.41) is 15.2. The van der Waals surface area contributed by atoms with Crippen molar-refractivity contribution in [2.45, 2.75) is 112 Å². The number of ether oxygens (including phenoxy) is 2. The first-order valence-electron chi connectivity index (χ1n) is 30.6. The van der Waals surface area contributed by atoms with E-state index in [1.165, 1.54) is 77.3 Å². The van der Waals surface area contributed by atoms with Crippen LogP contribution in [-0.4, -0.2) is 123 Å². The molecule has 97 heavy (non-hydrogen) atoms. The number of carbonyl (C=O) groups is 2. The molecule has 2 aliphatic rings. The van der Waals surface area contributed by atoms with Crippen LogP contribution in [0.3, 0.4) is 0 Å². The van der Waals surface area contributed by atoms with E-state index >= 15 is 0 Å². The predicted octanol–water partition coefficient (Wildman–Crippen LogP) is 12.2. The van der Waals surface area contributed by atoms with Gasteiger partial charge >= 0.3 is 130 Å². The Balaban J connectivity index is 0.000000169. The van der Waals surface area contributed by atoms with Crippen molar-refractivity contribution in [1.29, 1.82) is 0 Å². The van der Waals surface area contributed by atoms with Crippen LogP contribution in [0.1, 0.15) is 94.6 Å². The summed E-state index contributed by atoms with van der Waals surface area (Å²) in [4.78, 5) is 58.6. The number of amides is 2. The fourth-order valence-corrected chi connectivity index (χ4v) is 13.5. The molecule has 2 unspecified atom stereocenters. The van der Waals surface area contributed by atoms with Crippen LogP contribution in [0.5, 0.6) is 11.8 Å². The van der Waals surface area contributed by atoms with E-state index in [2.05, 4.69) is 160 Å². The number of aryl methyl sites for hydroxylation is 6. The molecule has 0 aliphatic carbocycles. The van der Waals surface area contributed by atoms with Gasteiger partial charge in [-0.1, -0.05) is 94.8 Å². The van der Waals surface area contributed by atoms with E-state index in [0.717, 1.165) is 100 Å². The molecule has 2 atom stereocenters. The third-order valence-electron chi connectivity index (χ3n) is 14.9. The van der Waals surface area contributed by atoms with Crippen molar-refractivity contribution in [2.24, 2.45) is 0 Å². The third kappa shape index (κ3) is 24.4. The number of rotatable bonds is 10. The number of nitrogens with zero attached hydrogens (tertiary/aromatic N) is 6. The number of nitrogens with one attached hydrogen (secondary N) is 1. The average Bonchev–Trinajstić information content (AvgIpc) is 1.74. The molecule has 0 bridgehead atoms. The number of hydrogen-bond donors (Lipinski definition) is 1. The maximum atomic E-state index is 11.8. The molecule has 14 rings (SSSR count). The van der Waals surface area contributed by atoms with Crippen LogP contribution < -0.4 is 81.8 Å². The molecule has 2 aliphatic heterocycles. The van der Waals surface area contributed by atoms with E-state index in [-0.39, 0.29) is 87.4 Å². The summed E-state index contributed by atoms with van der Waals surface area (Å²) in [6, 6.07) is 52.8. The van der Waals surface area contributed by atoms with Gasteiger partial charge in [-0.25, -0.2) is 34.6 Å². The number of benzene rings is 6.